The minimum absolute atomic E-state index is 0.0762. The molecule has 0 unspecified atom stereocenters. The van der Waals surface area contributed by atoms with Crippen LogP contribution in [0.1, 0.15) is 24.0 Å². The Bertz CT molecular complexity index is 970. The fraction of sp³-hybridized carbons (Fsp3) is 0.471. The van der Waals surface area contributed by atoms with Crippen LogP contribution in [0.25, 0.3) is 15.7 Å². The van der Waals surface area contributed by atoms with E-state index in [2.05, 4.69) is 16.5 Å². The van der Waals surface area contributed by atoms with E-state index in [-0.39, 0.29) is 18.0 Å². The first kappa shape index (κ1) is 17.6. The molecular weight excluding hydrogens is 340 g/mol. The van der Waals surface area contributed by atoms with Gasteiger partial charge in [0.15, 0.2) is 0 Å². The number of methoxy groups -OCH3 is 1. The average Bonchev–Trinajstić information content (AvgIpc) is 3.10. The minimum atomic E-state index is -0.245. The highest BCUT2D eigenvalue weighted by molar-refractivity contribution is 7.19. The zero-order valence-corrected chi connectivity index (χ0v) is 15.5. The summed E-state index contributed by atoms with van der Waals surface area (Å²) in [5.74, 6) is 0.552. The molecule has 1 amide bonds. The van der Waals surface area contributed by atoms with Crippen molar-refractivity contribution in [1.82, 2.24) is 19.5 Å². The van der Waals surface area contributed by atoms with E-state index >= 15 is 0 Å². The van der Waals surface area contributed by atoms with Crippen molar-refractivity contribution in [2.45, 2.75) is 33.2 Å². The number of carbonyl (C=O) groups excluding carboxylic acids is 1. The van der Waals surface area contributed by atoms with Gasteiger partial charge in [-0.1, -0.05) is 6.92 Å². The predicted octanol–water partition coefficient (Wildman–Crippen LogP) is 1.73. The smallest absolute Gasteiger partial charge is 0.291 e. The van der Waals surface area contributed by atoms with Crippen LogP contribution in [0.15, 0.2) is 16.9 Å². The minimum Gasteiger partial charge on any atom is -0.385 e. The molecular formula is C17H22N4O3S. The maximum atomic E-state index is 12.7. The Morgan fingerprint density at radius 3 is 2.88 bits per heavy atom. The number of aromatic nitrogens is 3. The van der Waals surface area contributed by atoms with E-state index in [1.165, 1.54) is 9.56 Å². The molecule has 0 aliphatic heterocycles. The van der Waals surface area contributed by atoms with E-state index in [0.717, 1.165) is 22.5 Å². The van der Waals surface area contributed by atoms with Gasteiger partial charge in [-0.3, -0.25) is 14.0 Å². The Balaban J connectivity index is 1.93. The molecule has 0 aliphatic rings. The first-order valence-corrected chi connectivity index (χ1v) is 9.14. The third-order valence-corrected chi connectivity index (χ3v) is 5.00. The summed E-state index contributed by atoms with van der Waals surface area (Å²) in [5.41, 5.74) is 1.33. The lowest BCUT2D eigenvalue weighted by Gasteiger charge is -2.10. The zero-order chi connectivity index (χ0) is 18.0. The summed E-state index contributed by atoms with van der Waals surface area (Å²) < 4.78 is 9.18. The Morgan fingerprint density at radius 1 is 1.36 bits per heavy atom. The lowest BCUT2D eigenvalue weighted by Crippen LogP contribution is -2.35. The van der Waals surface area contributed by atoms with Gasteiger partial charge in [0, 0.05) is 31.6 Å². The van der Waals surface area contributed by atoms with Gasteiger partial charge in [-0.15, -0.1) is 11.3 Å². The molecule has 0 aliphatic carbocycles. The Morgan fingerprint density at radius 2 is 2.16 bits per heavy atom. The van der Waals surface area contributed by atoms with E-state index in [1.807, 2.05) is 24.3 Å². The largest absolute Gasteiger partial charge is 0.385 e. The molecule has 8 heteroatoms. The molecule has 0 atom stereocenters. The third-order valence-electron chi connectivity index (χ3n) is 4.02. The number of carbonyl (C=O) groups is 1. The molecule has 7 nitrogen and oxygen atoms in total. The number of ether oxygens (including phenoxy) is 1. The molecule has 0 saturated heterocycles. The molecule has 3 aromatic heterocycles. The molecule has 3 heterocycles. The molecule has 0 spiro atoms. The van der Waals surface area contributed by atoms with Crippen LogP contribution in [0.3, 0.4) is 0 Å². The second kappa shape index (κ2) is 7.37. The number of nitrogens with zero attached hydrogens (tertiary/aromatic N) is 3. The normalized spacial score (nSPS) is 11.5. The molecule has 0 aromatic carbocycles. The monoisotopic (exact) mass is 362 g/mol. The van der Waals surface area contributed by atoms with Crippen LogP contribution >= 0.6 is 11.3 Å². The van der Waals surface area contributed by atoms with Crippen LogP contribution in [-0.4, -0.2) is 40.3 Å². The molecule has 134 valence electrons. The van der Waals surface area contributed by atoms with Crippen molar-refractivity contribution in [1.29, 1.82) is 0 Å². The average molecular weight is 362 g/mol. The summed E-state index contributed by atoms with van der Waals surface area (Å²) in [6, 6.07) is 3.96. The molecule has 25 heavy (non-hydrogen) atoms. The van der Waals surface area contributed by atoms with Crippen LogP contribution in [-0.2, 0) is 22.5 Å². The van der Waals surface area contributed by atoms with Crippen LogP contribution in [0.2, 0.25) is 0 Å². The summed E-state index contributed by atoms with van der Waals surface area (Å²) in [6.07, 6.45) is 1.41. The summed E-state index contributed by atoms with van der Waals surface area (Å²) in [7, 11) is 1.62. The van der Waals surface area contributed by atoms with Crippen molar-refractivity contribution in [3.8, 4) is 0 Å². The number of fused-ring (bicyclic) bond motifs is 3. The van der Waals surface area contributed by atoms with Gasteiger partial charge in [0.05, 0.1) is 10.2 Å². The quantitative estimate of drug-likeness (QED) is 0.650. The number of hydrogen-bond acceptors (Lipinski definition) is 5. The van der Waals surface area contributed by atoms with Crippen molar-refractivity contribution >= 4 is 33.0 Å². The SMILES string of the molecule is CCc1nn(CC(=O)NCCCOC)c(=O)c2cc3sc(C)cc3n12. The first-order chi connectivity index (χ1) is 12.0. The van der Waals surface area contributed by atoms with E-state index in [4.69, 9.17) is 4.74 Å². The number of aryl methyl sites for hydroxylation is 2. The number of hydrogen-bond donors (Lipinski definition) is 1. The summed E-state index contributed by atoms with van der Waals surface area (Å²) >= 11 is 1.65. The predicted molar refractivity (Wildman–Crippen MR) is 98.5 cm³/mol. The highest BCUT2D eigenvalue weighted by atomic mass is 32.1. The van der Waals surface area contributed by atoms with Gasteiger partial charge in [0.2, 0.25) is 5.91 Å². The van der Waals surface area contributed by atoms with Crippen LogP contribution in [0.4, 0.5) is 0 Å². The fourth-order valence-corrected chi connectivity index (χ4v) is 3.83. The van der Waals surface area contributed by atoms with Gasteiger partial charge in [-0.2, -0.15) is 5.10 Å². The summed E-state index contributed by atoms with van der Waals surface area (Å²) in [5, 5.41) is 7.21. The van der Waals surface area contributed by atoms with Crippen molar-refractivity contribution in [3.63, 3.8) is 0 Å². The maximum Gasteiger partial charge on any atom is 0.291 e. The van der Waals surface area contributed by atoms with Crippen molar-refractivity contribution in [2.24, 2.45) is 0 Å². The molecule has 0 fully saturated rings. The van der Waals surface area contributed by atoms with Gasteiger partial charge < -0.3 is 10.1 Å². The number of thiophene rings is 1. The molecule has 3 aromatic rings. The number of amides is 1. The van der Waals surface area contributed by atoms with Gasteiger partial charge >= 0.3 is 0 Å². The van der Waals surface area contributed by atoms with Crippen LogP contribution in [0, 0.1) is 6.92 Å². The molecule has 1 N–H and O–H groups in total. The maximum absolute atomic E-state index is 12.7. The zero-order valence-electron chi connectivity index (χ0n) is 14.7. The highest BCUT2D eigenvalue weighted by Crippen LogP contribution is 2.28. The van der Waals surface area contributed by atoms with Gasteiger partial charge in [-0.25, -0.2) is 4.68 Å². The first-order valence-electron chi connectivity index (χ1n) is 8.32. The van der Waals surface area contributed by atoms with Gasteiger partial charge in [0.25, 0.3) is 5.56 Å². The number of rotatable bonds is 7. The fourth-order valence-electron chi connectivity index (χ4n) is 2.88. The van der Waals surface area contributed by atoms with Gasteiger partial charge in [-0.05, 0) is 25.5 Å². The molecule has 3 rings (SSSR count). The second-order valence-electron chi connectivity index (χ2n) is 5.90. The van der Waals surface area contributed by atoms with Crippen molar-refractivity contribution in [2.75, 3.05) is 20.3 Å². The highest BCUT2D eigenvalue weighted by Gasteiger charge is 2.16. The molecule has 0 bridgehead atoms. The van der Waals surface area contributed by atoms with Crippen molar-refractivity contribution < 1.29 is 9.53 Å². The standard InChI is InChI=1S/C17H22N4O3S/c1-4-15-19-20(10-16(22)18-6-5-7-24-3)17(23)13-9-14-12(21(13)15)8-11(2)25-14/h8-9H,4-7,10H2,1-3H3,(H,18,22). The van der Waals surface area contributed by atoms with E-state index in [9.17, 15) is 9.59 Å². The van der Waals surface area contributed by atoms with E-state index in [1.54, 1.807) is 18.4 Å². The lowest BCUT2D eigenvalue weighted by atomic mass is 10.4. The Labute approximate surface area is 149 Å². The van der Waals surface area contributed by atoms with Crippen molar-refractivity contribution in [3.05, 3.63) is 33.2 Å². The van der Waals surface area contributed by atoms with Crippen LogP contribution < -0.4 is 10.9 Å². The summed E-state index contributed by atoms with van der Waals surface area (Å²) in [4.78, 5) is 26.0. The molecule has 0 radical (unpaired) electrons. The topological polar surface area (TPSA) is 77.6 Å². The Hall–Kier alpha value is -2.19. The van der Waals surface area contributed by atoms with E-state index < -0.39 is 0 Å². The lowest BCUT2D eigenvalue weighted by molar-refractivity contribution is -0.121. The van der Waals surface area contributed by atoms with Crippen LogP contribution in [0.5, 0.6) is 0 Å². The van der Waals surface area contributed by atoms with E-state index in [0.29, 0.717) is 25.1 Å². The second-order valence-corrected chi connectivity index (χ2v) is 7.19. The summed E-state index contributed by atoms with van der Waals surface area (Å²) in [6.45, 7) is 5.07. The third kappa shape index (κ3) is 3.45. The Kier molecular flexibility index (Phi) is 5.19. The molecule has 0 saturated carbocycles. The number of nitrogens with one attached hydrogen (secondary N) is 1. The van der Waals surface area contributed by atoms with Gasteiger partial charge in [0.1, 0.15) is 17.9 Å².